The van der Waals surface area contributed by atoms with Gasteiger partial charge in [-0.05, 0) is 52.6 Å². The molecule has 0 amide bonds. The summed E-state index contributed by atoms with van der Waals surface area (Å²) in [5.74, 6) is -0.790. The van der Waals surface area contributed by atoms with Gasteiger partial charge in [0, 0.05) is 15.1 Å². The molecule has 8 heteroatoms. The van der Waals surface area contributed by atoms with Crippen molar-refractivity contribution >= 4 is 41.6 Å². The third-order valence-corrected chi connectivity index (χ3v) is 9.09. The summed E-state index contributed by atoms with van der Waals surface area (Å²) >= 11 is 0. The summed E-state index contributed by atoms with van der Waals surface area (Å²) < 4.78 is 12.4. The first-order valence-corrected chi connectivity index (χ1v) is 21.1. The van der Waals surface area contributed by atoms with E-state index in [1.54, 1.807) is 6.92 Å². The molecule has 0 aliphatic heterocycles. The van der Waals surface area contributed by atoms with Gasteiger partial charge in [0.1, 0.15) is 5.91 Å². The highest BCUT2D eigenvalue weighted by molar-refractivity contribution is 6.71. The molecule has 0 heterocycles. The van der Waals surface area contributed by atoms with Crippen molar-refractivity contribution in [1.82, 2.24) is 0 Å². The number of carboxylic acids is 1. The van der Waals surface area contributed by atoms with Crippen LogP contribution in [0, 0.1) is 0 Å². The molecule has 0 unspecified atom stereocenters. The molecule has 0 aromatic carbocycles. The van der Waals surface area contributed by atoms with Gasteiger partial charge in [-0.25, -0.2) is 4.79 Å². The van der Waals surface area contributed by atoms with Crippen LogP contribution in [0.2, 0.25) is 57.9 Å². The molecular weight excluding hydrogens is 393 g/mol. The molecule has 0 aromatic rings. The molecule has 0 radical (unpaired) electrons. The Balaban J connectivity index is 0. The maximum atomic E-state index is 10.7. The largest absolute Gasteiger partial charge is 0.478 e. The first kappa shape index (κ1) is 28.2. The Labute approximate surface area is 169 Å². The Morgan fingerprint density at radius 2 is 1.58 bits per heavy atom. The fourth-order valence-corrected chi connectivity index (χ4v) is 9.48. The number of aliphatic carboxylic acids is 1. The van der Waals surface area contributed by atoms with Crippen LogP contribution < -0.4 is 0 Å². The van der Waals surface area contributed by atoms with Crippen LogP contribution in [0.4, 0.5) is 0 Å². The number of carboxylic acid groups (broad SMARTS) is 1. The summed E-state index contributed by atoms with van der Waals surface area (Å²) in [6, 6.07) is 2.66. The molecule has 0 saturated heterocycles. The van der Waals surface area contributed by atoms with Crippen LogP contribution in [0.3, 0.4) is 0 Å². The summed E-state index contributed by atoms with van der Waals surface area (Å²) in [5, 5.41) is 8.79. The van der Waals surface area contributed by atoms with Crippen LogP contribution in [0.5, 0.6) is 0 Å². The van der Waals surface area contributed by atoms with E-state index in [9.17, 15) is 4.79 Å². The highest BCUT2D eigenvalue weighted by atomic mass is 28.4. The van der Waals surface area contributed by atoms with Crippen molar-refractivity contribution in [2.75, 3.05) is 0 Å². The summed E-state index contributed by atoms with van der Waals surface area (Å²) in [6.45, 7) is 19.4. The first-order valence-electron chi connectivity index (χ1n) is 10.1. The van der Waals surface area contributed by atoms with E-state index in [0.29, 0.717) is 15.1 Å². The second kappa shape index (κ2) is 15.0. The van der Waals surface area contributed by atoms with Gasteiger partial charge in [-0.2, -0.15) is 0 Å². The second-order valence-corrected chi connectivity index (χ2v) is 21.3. The van der Waals surface area contributed by atoms with Crippen LogP contribution in [0.15, 0.2) is 11.6 Å². The number of unbranched alkanes of at least 4 members (excludes halogenated alkanes) is 1. The zero-order valence-corrected chi connectivity index (χ0v) is 23.6. The van der Waals surface area contributed by atoms with Crippen LogP contribution in [-0.2, 0) is 13.6 Å². The third-order valence-electron chi connectivity index (χ3n) is 3.36. The topological polar surface area (TPSA) is 55.8 Å². The molecule has 0 atom stereocenters. The van der Waals surface area contributed by atoms with E-state index in [-0.39, 0.29) is 5.91 Å². The number of carbonyl (C=O) groups is 1. The van der Waals surface area contributed by atoms with Crippen LogP contribution in [0.1, 0.15) is 33.1 Å². The Hall–Kier alpha value is -0.00247. The molecule has 0 aliphatic carbocycles. The minimum atomic E-state index is -1.58. The van der Waals surface area contributed by atoms with Crippen molar-refractivity contribution in [1.29, 1.82) is 0 Å². The van der Waals surface area contributed by atoms with Gasteiger partial charge in [0.15, 0.2) is 16.6 Å². The van der Waals surface area contributed by atoms with E-state index in [1.807, 2.05) is 6.08 Å². The molecule has 0 saturated carbocycles. The van der Waals surface area contributed by atoms with Crippen molar-refractivity contribution < 1.29 is 18.8 Å². The average Bonchev–Trinajstić information content (AvgIpc) is 2.44. The predicted octanol–water partition coefficient (Wildman–Crippen LogP) is 4.40. The average molecular weight is 437 g/mol. The number of hydrogen-bond donors (Lipinski definition) is 1. The summed E-state index contributed by atoms with van der Waals surface area (Å²) in [4.78, 5) is 10.7. The fourth-order valence-electron chi connectivity index (χ4n) is 2.15. The second-order valence-electron chi connectivity index (χ2n) is 8.72. The van der Waals surface area contributed by atoms with Gasteiger partial charge in [0.25, 0.3) is 0 Å². The molecule has 0 fully saturated rings. The quantitative estimate of drug-likeness (QED) is 0.213. The van der Waals surface area contributed by atoms with Crippen molar-refractivity contribution in [2.24, 2.45) is 0 Å². The molecule has 0 spiro atoms. The minimum Gasteiger partial charge on any atom is -0.478 e. The lowest BCUT2D eigenvalue weighted by atomic mass is 10.2. The Morgan fingerprint density at radius 1 is 1.08 bits per heavy atom. The SMILES string of the molecule is CC(=CCCC[SiH2]C(O[Si](C)(C)C)O[Si](C)(C)C)C(=O)O.CCC[SiH2]C. The monoisotopic (exact) mass is 436 g/mol. The summed E-state index contributed by atoms with van der Waals surface area (Å²) in [7, 11) is -3.19. The molecular formula is C18H44O4Si4. The van der Waals surface area contributed by atoms with E-state index < -0.39 is 32.1 Å². The van der Waals surface area contributed by atoms with Crippen molar-refractivity contribution in [3.8, 4) is 0 Å². The predicted molar refractivity (Wildman–Crippen MR) is 126 cm³/mol. The molecule has 1 N–H and O–H groups in total. The van der Waals surface area contributed by atoms with Crippen LogP contribution in [-0.4, -0.2) is 52.7 Å². The summed E-state index contributed by atoms with van der Waals surface area (Å²) in [5.41, 5.74) is 0.435. The number of allylic oxidation sites excluding steroid dienone is 1. The van der Waals surface area contributed by atoms with Crippen LogP contribution in [0.25, 0.3) is 0 Å². The van der Waals surface area contributed by atoms with Gasteiger partial charge >= 0.3 is 5.97 Å². The molecule has 4 nitrogen and oxygen atoms in total. The highest BCUT2D eigenvalue weighted by Gasteiger charge is 2.26. The zero-order valence-electron chi connectivity index (χ0n) is 18.8. The molecule has 0 aromatic heterocycles. The van der Waals surface area contributed by atoms with Crippen molar-refractivity contribution in [3.05, 3.63) is 11.6 Å². The molecule has 0 bridgehead atoms. The van der Waals surface area contributed by atoms with E-state index in [0.717, 1.165) is 18.9 Å². The molecule has 156 valence electrons. The normalized spacial score (nSPS) is 13.7. The molecule has 0 aliphatic rings. The lowest BCUT2D eigenvalue weighted by Gasteiger charge is -2.31. The lowest BCUT2D eigenvalue weighted by Crippen LogP contribution is -2.42. The number of hydrogen-bond acceptors (Lipinski definition) is 3. The molecule has 26 heavy (non-hydrogen) atoms. The Morgan fingerprint density at radius 3 is 1.88 bits per heavy atom. The van der Waals surface area contributed by atoms with Gasteiger partial charge in [0.2, 0.25) is 0 Å². The highest BCUT2D eigenvalue weighted by Crippen LogP contribution is 2.15. The third kappa shape index (κ3) is 22.0. The van der Waals surface area contributed by atoms with Crippen molar-refractivity contribution in [2.45, 2.75) is 96.9 Å². The fraction of sp³-hybridized carbons (Fsp3) is 0.833. The lowest BCUT2D eigenvalue weighted by molar-refractivity contribution is -0.132. The number of rotatable bonds is 12. The first-order chi connectivity index (χ1) is 11.8. The minimum absolute atomic E-state index is 0.0351. The van der Waals surface area contributed by atoms with E-state index in [1.165, 1.54) is 12.5 Å². The van der Waals surface area contributed by atoms with Crippen molar-refractivity contribution in [3.63, 3.8) is 0 Å². The van der Waals surface area contributed by atoms with E-state index in [4.69, 9.17) is 14.0 Å². The summed E-state index contributed by atoms with van der Waals surface area (Å²) in [6.07, 6.45) is 5.07. The van der Waals surface area contributed by atoms with E-state index >= 15 is 0 Å². The van der Waals surface area contributed by atoms with E-state index in [2.05, 4.69) is 52.8 Å². The smallest absolute Gasteiger partial charge is 0.330 e. The maximum Gasteiger partial charge on any atom is 0.330 e. The van der Waals surface area contributed by atoms with Gasteiger partial charge in [-0.15, -0.1) is 0 Å². The van der Waals surface area contributed by atoms with Crippen LogP contribution >= 0.6 is 0 Å². The zero-order chi connectivity index (χ0) is 20.8. The van der Waals surface area contributed by atoms with Gasteiger partial charge < -0.3 is 14.0 Å². The standard InChI is InChI=1S/C14H32O4Si3.C4H12Si/c1-12(13(15)16)10-8-9-11-19-14(17-20(2,3)4)18-21(5,6)7;1-3-4-5-2/h10,14H,8-9,11,19H2,1-7H3,(H,15,16);3-5H2,1-2H3. The molecule has 0 rings (SSSR count). The van der Waals surface area contributed by atoms with Gasteiger partial charge in [0.05, 0.1) is 9.52 Å². The Kier molecular flexibility index (Phi) is 16.3. The maximum absolute atomic E-state index is 10.7. The van der Waals surface area contributed by atoms with Gasteiger partial charge in [-0.1, -0.05) is 44.5 Å². The Bertz CT molecular complexity index is 383. The van der Waals surface area contributed by atoms with Gasteiger partial charge in [-0.3, -0.25) is 0 Å².